The van der Waals surface area contributed by atoms with E-state index in [0.717, 1.165) is 0 Å². The maximum atomic E-state index is 12.0. The molecule has 0 aliphatic carbocycles. The Morgan fingerprint density at radius 2 is 2.07 bits per heavy atom. The first-order valence-corrected chi connectivity index (χ1v) is 6.10. The molecule has 1 aromatic heterocycles. The number of alkyl halides is 2. The maximum absolute atomic E-state index is 12.0. The highest BCUT2D eigenvalue weighted by Gasteiger charge is 2.24. The molecule has 0 fully saturated rings. The Morgan fingerprint density at radius 3 is 2.53 bits per heavy atom. The smallest absolute Gasteiger partial charge is 0.277 e. The summed E-state index contributed by atoms with van der Waals surface area (Å²) in [5.41, 5.74) is 0.354. The topological polar surface area (TPSA) is 59.1 Å². The van der Waals surface area contributed by atoms with Crippen molar-refractivity contribution in [2.45, 2.75) is 12.7 Å². The van der Waals surface area contributed by atoms with Gasteiger partial charge in [0, 0.05) is 0 Å². The second-order valence-corrected chi connectivity index (χ2v) is 5.14. The number of aryl methyl sites for hydroxylation is 1. The molecule has 0 aromatic carbocycles. The Kier molecular flexibility index (Phi) is 3.61. The van der Waals surface area contributed by atoms with Crippen molar-refractivity contribution >= 4 is 31.6 Å². The van der Waals surface area contributed by atoms with E-state index >= 15 is 0 Å². The second kappa shape index (κ2) is 4.40. The molecule has 0 saturated carbocycles. The van der Waals surface area contributed by atoms with Gasteiger partial charge in [-0.05, 0) is 35.0 Å². The van der Waals surface area contributed by atoms with Gasteiger partial charge >= 0.3 is 5.76 Å². The van der Waals surface area contributed by atoms with Crippen LogP contribution in [-0.2, 0) is 10.0 Å². The number of hydrogen-bond donors (Lipinski definition) is 1. The monoisotopic (exact) mass is 300 g/mol. The molecule has 4 nitrogen and oxygen atoms in total. The Labute approximate surface area is 93.9 Å². The predicted octanol–water partition coefficient (Wildman–Crippen LogP) is 2.12. The van der Waals surface area contributed by atoms with Gasteiger partial charge in [0.15, 0.2) is 0 Å². The molecule has 0 aliphatic rings. The molecule has 1 rings (SSSR count). The number of halogens is 3. The zero-order chi connectivity index (χ0) is 11.6. The van der Waals surface area contributed by atoms with Crippen molar-refractivity contribution in [1.29, 1.82) is 0 Å². The lowest BCUT2D eigenvalue weighted by Gasteiger charge is -2.08. The van der Waals surface area contributed by atoms with Gasteiger partial charge in [0.1, 0.15) is 4.60 Å². The third kappa shape index (κ3) is 3.10. The van der Waals surface area contributed by atoms with Gasteiger partial charge in [-0.3, -0.25) is 4.72 Å². The molecule has 0 radical (unpaired) electrons. The SMILES string of the molecule is Cc1nc(Br)ccc1NS(=O)(=O)C(F)F. The molecule has 0 aliphatic heterocycles. The highest BCUT2D eigenvalue weighted by molar-refractivity contribution is 9.10. The molecule has 0 amide bonds. The van der Waals surface area contributed by atoms with E-state index in [1.54, 1.807) is 4.72 Å². The van der Waals surface area contributed by atoms with E-state index in [2.05, 4.69) is 20.9 Å². The number of nitrogens with one attached hydrogen (secondary N) is 1. The van der Waals surface area contributed by atoms with Gasteiger partial charge in [-0.15, -0.1) is 0 Å². The van der Waals surface area contributed by atoms with E-state index in [4.69, 9.17) is 0 Å². The van der Waals surface area contributed by atoms with Crippen LogP contribution in [0.15, 0.2) is 16.7 Å². The molecule has 15 heavy (non-hydrogen) atoms. The van der Waals surface area contributed by atoms with E-state index in [1.807, 2.05) is 0 Å². The summed E-state index contributed by atoms with van der Waals surface area (Å²) in [7, 11) is -4.63. The molecule has 0 bridgehead atoms. The van der Waals surface area contributed by atoms with Gasteiger partial charge in [0.2, 0.25) is 0 Å². The summed E-state index contributed by atoms with van der Waals surface area (Å²) in [6.07, 6.45) is 0. The van der Waals surface area contributed by atoms with E-state index in [0.29, 0.717) is 10.3 Å². The van der Waals surface area contributed by atoms with Gasteiger partial charge in [-0.2, -0.15) is 8.78 Å². The largest absolute Gasteiger partial charge is 0.355 e. The van der Waals surface area contributed by atoms with E-state index in [-0.39, 0.29) is 5.69 Å². The van der Waals surface area contributed by atoms with Crippen LogP contribution in [0.5, 0.6) is 0 Å². The Balaban J connectivity index is 3.01. The summed E-state index contributed by atoms with van der Waals surface area (Å²) in [5, 5.41) is 0. The number of sulfonamides is 1. The van der Waals surface area contributed by atoms with Gasteiger partial charge in [-0.1, -0.05) is 0 Å². The minimum absolute atomic E-state index is 0.0403. The quantitative estimate of drug-likeness (QED) is 0.870. The van der Waals surface area contributed by atoms with Crippen LogP contribution in [0.25, 0.3) is 0 Å². The molecule has 84 valence electrons. The van der Waals surface area contributed by atoms with Crippen molar-refractivity contribution in [2.75, 3.05) is 4.72 Å². The summed E-state index contributed by atoms with van der Waals surface area (Å²) >= 11 is 3.07. The summed E-state index contributed by atoms with van der Waals surface area (Å²) < 4.78 is 48.0. The van der Waals surface area contributed by atoms with Crippen molar-refractivity contribution in [3.05, 3.63) is 22.4 Å². The van der Waals surface area contributed by atoms with Crippen LogP contribution in [0.2, 0.25) is 0 Å². The zero-order valence-electron chi connectivity index (χ0n) is 7.54. The van der Waals surface area contributed by atoms with Crippen molar-refractivity contribution in [3.8, 4) is 0 Å². The molecule has 0 unspecified atom stereocenters. The molecule has 0 saturated heterocycles. The van der Waals surface area contributed by atoms with Gasteiger partial charge < -0.3 is 0 Å². The highest BCUT2D eigenvalue weighted by atomic mass is 79.9. The lowest BCUT2D eigenvalue weighted by Crippen LogP contribution is -2.21. The van der Waals surface area contributed by atoms with E-state index in [9.17, 15) is 17.2 Å². The molecule has 1 aromatic rings. The van der Waals surface area contributed by atoms with Crippen LogP contribution < -0.4 is 4.72 Å². The number of hydrogen-bond acceptors (Lipinski definition) is 3. The Morgan fingerprint density at radius 1 is 1.47 bits per heavy atom. The summed E-state index contributed by atoms with van der Waals surface area (Å²) in [6.45, 7) is 1.51. The number of pyridine rings is 1. The molecule has 8 heteroatoms. The number of rotatable bonds is 3. The average molecular weight is 301 g/mol. The zero-order valence-corrected chi connectivity index (χ0v) is 9.94. The number of aromatic nitrogens is 1. The predicted molar refractivity (Wildman–Crippen MR) is 55.2 cm³/mol. The molecule has 0 atom stereocenters. The van der Waals surface area contributed by atoms with Crippen molar-refractivity contribution in [2.24, 2.45) is 0 Å². The standard InChI is InChI=1S/C7H7BrF2N2O2S/c1-4-5(2-3-6(8)11-4)12-15(13,14)7(9)10/h2-3,7,12H,1H3. The second-order valence-electron chi connectivity index (χ2n) is 2.67. The average Bonchev–Trinajstić information content (AvgIpc) is 2.09. The van der Waals surface area contributed by atoms with Crippen LogP contribution in [0.4, 0.5) is 14.5 Å². The minimum Gasteiger partial charge on any atom is -0.277 e. The van der Waals surface area contributed by atoms with E-state index in [1.165, 1.54) is 19.1 Å². The van der Waals surface area contributed by atoms with E-state index < -0.39 is 15.8 Å². The van der Waals surface area contributed by atoms with Crippen LogP contribution in [-0.4, -0.2) is 19.2 Å². The fraction of sp³-hybridized carbons (Fsp3) is 0.286. The van der Waals surface area contributed by atoms with Crippen molar-refractivity contribution in [3.63, 3.8) is 0 Å². The minimum atomic E-state index is -4.63. The van der Waals surface area contributed by atoms with Crippen molar-refractivity contribution in [1.82, 2.24) is 4.98 Å². The van der Waals surface area contributed by atoms with Crippen LogP contribution in [0.1, 0.15) is 5.69 Å². The lowest BCUT2D eigenvalue weighted by atomic mass is 10.3. The molecule has 1 heterocycles. The Hall–Kier alpha value is -0.760. The third-order valence-corrected chi connectivity index (χ3v) is 2.95. The van der Waals surface area contributed by atoms with Crippen LogP contribution in [0.3, 0.4) is 0 Å². The maximum Gasteiger partial charge on any atom is 0.355 e. The first-order valence-electron chi connectivity index (χ1n) is 3.76. The molecule has 1 N–H and O–H groups in total. The highest BCUT2D eigenvalue weighted by Crippen LogP contribution is 2.19. The molecule has 0 spiro atoms. The first-order chi connectivity index (χ1) is 6.83. The Bertz CT molecular complexity index is 464. The van der Waals surface area contributed by atoms with Gasteiger partial charge in [-0.25, -0.2) is 13.4 Å². The molecular formula is C7H7BrF2N2O2S. The van der Waals surface area contributed by atoms with Gasteiger partial charge in [0.25, 0.3) is 10.0 Å². The fourth-order valence-electron chi connectivity index (χ4n) is 0.836. The normalized spacial score (nSPS) is 11.8. The van der Waals surface area contributed by atoms with Crippen LogP contribution >= 0.6 is 15.9 Å². The summed E-state index contributed by atoms with van der Waals surface area (Å²) in [4.78, 5) is 3.86. The van der Waals surface area contributed by atoms with Crippen molar-refractivity contribution < 1.29 is 17.2 Å². The first kappa shape index (κ1) is 12.3. The van der Waals surface area contributed by atoms with Gasteiger partial charge in [0.05, 0.1) is 11.4 Å². The summed E-state index contributed by atoms with van der Waals surface area (Å²) in [5.74, 6) is -3.46. The number of nitrogens with zero attached hydrogens (tertiary/aromatic N) is 1. The molecular weight excluding hydrogens is 294 g/mol. The number of anilines is 1. The summed E-state index contributed by atoms with van der Waals surface area (Å²) in [6, 6.07) is 2.81. The lowest BCUT2D eigenvalue weighted by molar-refractivity contribution is 0.236. The van der Waals surface area contributed by atoms with Crippen LogP contribution in [0, 0.1) is 6.92 Å². The third-order valence-electron chi connectivity index (χ3n) is 1.54. The fourth-order valence-corrected chi connectivity index (χ4v) is 1.85.